The summed E-state index contributed by atoms with van der Waals surface area (Å²) in [6.07, 6.45) is 9.42. The zero-order valence-corrected chi connectivity index (χ0v) is 10.5. The van der Waals surface area contributed by atoms with Crippen LogP contribution in [0.25, 0.3) is 0 Å². The predicted molar refractivity (Wildman–Crippen MR) is 65.7 cm³/mol. The molecular weight excluding hydrogens is 214 g/mol. The van der Waals surface area contributed by atoms with Crippen molar-refractivity contribution in [3.8, 4) is 0 Å². The highest BCUT2D eigenvalue weighted by atomic mass is 16.5. The maximum atomic E-state index is 12.6. The maximum absolute atomic E-state index is 12.6. The Morgan fingerprint density at radius 1 is 1.12 bits per heavy atom. The first-order valence-corrected chi connectivity index (χ1v) is 7.11. The number of carbonyl (C=O) groups excluding carboxylic acids is 1. The molecule has 0 aromatic carbocycles. The molecule has 0 radical (unpaired) electrons. The van der Waals surface area contributed by atoms with E-state index in [2.05, 4.69) is 0 Å². The van der Waals surface area contributed by atoms with Crippen LogP contribution in [0.2, 0.25) is 0 Å². The van der Waals surface area contributed by atoms with E-state index in [0.29, 0.717) is 5.78 Å². The van der Waals surface area contributed by atoms with E-state index in [1.54, 1.807) is 0 Å². The van der Waals surface area contributed by atoms with Crippen molar-refractivity contribution >= 4 is 5.78 Å². The van der Waals surface area contributed by atoms with Crippen LogP contribution in [-0.4, -0.2) is 23.5 Å². The zero-order chi connectivity index (χ0) is 11.9. The van der Waals surface area contributed by atoms with Crippen molar-refractivity contribution in [3.63, 3.8) is 0 Å². The van der Waals surface area contributed by atoms with Crippen LogP contribution in [0.1, 0.15) is 57.8 Å². The van der Waals surface area contributed by atoms with Gasteiger partial charge in [0.25, 0.3) is 0 Å². The van der Waals surface area contributed by atoms with E-state index < -0.39 is 5.54 Å². The molecule has 3 fully saturated rings. The summed E-state index contributed by atoms with van der Waals surface area (Å²) in [5.41, 5.74) is 5.86. The van der Waals surface area contributed by atoms with E-state index >= 15 is 0 Å². The molecule has 17 heavy (non-hydrogen) atoms. The first-order valence-electron chi connectivity index (χ1n) is 7.11. The Morgan fingerprint density at radius 2 is 1.82 bits per heavy atom. The first kappa shape index (κ1) is 11.7. The molecular formula is C14H23NO2. The Labute approximate surface area is 103 Å². The molecule has 0 amide bonds. The number of Topliss-reactive ketones (excluding diaryl/α,β-unsaturated/α-hetero) is 1. The summed E-state index contributed by atoms with van der Waals surface area (Å²) in [7, 11) is 0. The molecule has 3 aliphatic rings. The molecule has 2 N–H and O–H groups in total. The molecule has 3 nitrogen and oxygen atoms in total. The Kier molecular flexibility index (Phi) is 2.79. The van der Waals surface area contributed by atoms with Crippen LogP contribution in [0.15, 0.2) is 0 Å². The van der Waals surface area contributed by atoms with E-state index in [0.717, 1.165) is 58.0 Å². The third kappa shape index (κ3) is 1.93. The molecule has 1 spiro atoms. The number of ether oxygens (including phenoxy) is 1. The van der Waals surface area contributed by atoms with E-state index in [-0.39, 0.29) is 11.5 Å². The molecule has 1 atom stereocenters. The number of hydrogen-bond acceptors (Lipinski definition) is 3. The predicted octanol–water partition coefficient (Wildman–Crippen LogP) is 2.18. The van der Waals surface area contributed by atoms with Gasteiger partial charge < -0.3 is 10.5 Å². The number of nitrogens with two attached hydrogens (primary N) is 1. The third-order valence-electron chi connectivity index (χ3n) is 5.12. The van der Waals surface area contributed by atoms with Gasteiger partial charge in [-0.3, -0.25) is 4.79 Å². The number of ketones is 1. The van der Waals surface area contributed by atoms with Crippen molar-refractivity contribution < 1.29 is 9.53 Å². The van der Waals surface area contributed by atoms with Gasteiger partial charge in [-0.25, -0.2) is 0 Å². The largest absolute Gasteiger partial charge is 0.375 e. The van der Waals surface area contributed by atoms with Crippen LogP contribution in [0, 0.1) is 5.92 Å². The second-order valence-corrected chi connectivity index (χ2v) is 6.30. The first-order chi connectivity index (χ1) is 8.14. The SMILES string of the molecule is NC1(C(=O)C2CCOC3(CCC3)C2)CCCC1. The fraction of sp³-hybridized carbons (Fsp3) is 0.929. The molecule has 3 heteroatoms. The van der Waals surface area contributed by atoms with Crippen molar-refractivity contribution in [1.82, 2.24) is 0 Å². The van der Waals surface area contributed by atoms with Gasteiger partial charge in [0.2, 0.25) is 0 Å². The maximum Gasteiger partial charge on any atom is 0.155 e. The Hall–Kier alpha value is -0.410. The van der Waals surface area contributed by atoms with Gasteiger partial charge in [-0.2, -0.15) is 0 Å². The lowest BCUT2D eigenvalue weighted by molar-refractivity contribution is -0.158. The second kappa shape index (κ2) is 4.06. The monoisotopic (exact) mass is 237 g/mol. The molecule has 2 saturated carbocycles. The minimum Gasteiger partial charge on any atom is -0.375 e. The Morgan fingerprint density at radius 3 is 2.41 bits per heavy atom. The van der Waals surface area contributed by atoms with Crippen molar-refractivity contribution in [2.75, 3.05) is 6.61 Å². The van der Waals surface area contributed by atoms with E-state index in [1.165, 1.54) is 6.42 Å². The third-order valence-corrected chi connectivity index (χ3v) is 5.12. The van der Waals surface area contributed by atoms with Gasteiger partial charge in [-0.1, -0.05) is 12.8 Å². The fourth-order valence-electron chi connectivity index (χ4n) is 3.83. The lowest BCUT2D eigenvalue weighted by Gasteiger charge is -2.47. The highest BCUT2D eigenvalue weighted by Gasteiger charge is 2.48. The average Bonchev–Trinajstić information content (AvgIpc) is 2.75. The lowest BCUT2D eigenvalue weighted by atomic mass is 9.69. The molecule has 0 aromatic heterocycles. The quantitative estimate of drug-likeness (QED) is 0.801. The van der Waals surface area contributed by atoms with Crippen LogP contribution in [0.4, 0.5) is 0 Å². The summed E-state index contributed by atoms with van der Waals surface area (Å²) in [4.78, 5) is 12.6. The molecule has 0 aromatic rings. The van der Waals surface area contributed by atoms with E-state index in [1.807, 2.05) is 0 Å². The fourth-order valence-corrected chi connectivity index (χ4v) is 3.83. The molecule has 0 bridgehead atoms. The summed E-state index contributed by atoms with van der Waals surface area (Å²) < 4.78 is 5.88. The Bertz CT molecular complexity index is 316. The average molecular weight is 237 g/mol. The van der Waals surface area contributed by atoms with Crippen molar-refractivity contribution in [1.29, 1.82) is 0 Å². The van der Waals surface area contributed by atoms with Gasteiger partial charge >= 0.3 is 0 Å². The standard InChI is InChI=1S/C14H23NO2/c15-14(7-1-2-8-14)12(16)11-4-9-17-13(10-11)5-3-6-13/h11H,1-10,15H2. The van der Waals surface area contributed by atoms with Crippen LogP contribution in [0.3, 0.4) is 0 Å². The molecule has 2 aliphatic carbocycles. The van der Waals surface area contributed by atoms with Crippen molar-refractivity contribution in [2.24, 2.45) is 11.7 Å². The smallest absolute Gasteiger partial charge is 0.155 e. The summed E-state index contributed by atoms with van der Waals surface area (Å²) in [5, 5.41) is 0. The van der Waals surface area contributed by atoms with Crippen LogP contribution in [0.5, 0.6) is 0 Å². The molecule has 1 aliphatic heterocycles. The number of rotatable bonds is 2. The molecule has 1 saturated heterocycles. The second-order valence-electron chi connectivity index (χ2n) is 6.30. The van der Waals surface area contributed by atoms with Gasteiger partial charge in [0.05, 0.1) is 11.1 Å². The van der Waals surface area contributed by atoms with Gasteiger partial charge in [0.15, 0.2) is 5.78 Å². The van der Waals surface area contributed by atoms with E-state index in [9.17, 15) is 4.79 Å². The van der Waals surface area contributed by atoms with Crippen LogP contribution >= 0.6 is 0 Å². The van der Waals surface area contributed by atoms with Crippen molar-refractivity contribution in [2.45, 2.75) is 68.9 Å². The topological polar surface area (TPSA) is 52.3 Å². The van der Waals surface area contributed by atoms with E-state index in [4.69, 9.17) is 10.5 Å². The minimum absolute atomic E-state index is 0.0630. The number of carbonyl (C=O) groups is 1. The zero-order valence-electron chi connectivity index (χ0n) is 10.5. The lowest BCUT2D eigenvalue weighted by Crippen LogP contribution is -2.53. The van der Waals surface area contributed by atoms with Crippen molar-refractivity contribution in [3.05, 3.63) is 0 Å². The summed E-state index contributed by atoms with van der Waals surface area (Å²) in [6.45, 7) is 0.756. The summed E-state index contributed by atoms with van der Waals surface area (Å²) in [6, 6.07) is 0. The van der Waals surface area contributed by atoms with Gasteiger partial charge in [0.1, 0.15) is 0 Å². The molecule has 1 heterocycles. The normalized spacial score (nSPS) is 34.5. The highest BCUT2D eigenvalue weighted by molar-refractivity contribution is 5.90. The van der Waals surface area contributed by atoms with Gasteiger partial charge in [0, 0.05) is 12.5 Å². The molecule has 96 valence electrons. The number of hydrogen-bond donors (Lipinski definition) is 1. The Balaban J connectivity index is 1.69. The van der Waals surface area contributed by atoms with Gasteiger partial charge in [-0.05, 0) is 44.9 Å². The molecule has 1 unspecified atom stereocenters. The minimum atomic E-state index is -0.493. The highest BCUT2D eigenvalue weighted by Crippen LogP contribution is 2.45. The summed E-state index contributed by atoms with van der Waals surface area (Å²) in [5.74, 6) is 0.511. The summed E-state index contributed by atoms with van der Waals surface area (Å²) >= 11 is 0. The van der Waals surface area contributed by atoms with Crippen LogP contribution in [-0.2, 0) is 9.53 Å². The van der Waals surface area contributed by atoms with Crippen LogP contribution < -0.4 is 5.73 Å². The molecule has 3 rings (SSSR count). The van der Waals surface area contributed by atoms with Gasteiger partial charge in [-0.15, -0.1) is 0 Å².